The third kappa shape index (κ3) is 3.49. The zero-order valence-electron chi connectivity index (χ0n) is 13.7. The van der Waals surface area contributed by atoms with Gasteiger partial charge in [0, 0.05) is 18.6 Å². The Morgan fingerprint density at radius 2 is 2.08 bits per heavy atom. The Balaban J connectivity index is 1.89. The molecule has 0 aliphatic carbocycles. The average Bonchev–Trinajstić information content (AvgIpc) is 2.62. The first-order valence-corrected chi connectivity index (χ1v) is 7.95. The van der Waals surface area contributed by atoms with Gasteiger partial charge in [0.25, 0.3) is 5.91 Å². The second-order valence-electron chi connectivity index (χ2n) is 5.50. The number of methoxy groups -OCH3 is 1. The van der Waals surface area contributed by atoms with Crippen LogP contribution in [0.1, 0.15) is 16.1 Å². The summed E-state index contributed by atoms with van der Waals surface area (Å²) in [5.74, 6) is 0.159. The molecule has 128 valence electrons. The fourth-order valence-electron chi connectivity index (χ4n) is 2.55. The molecule has 1 heterocycles. The second kappa shape index (κ2) is 6.94. The molecule has 0 radical (unpaired) electrons. The summed E-state index contributed by atoms with van der Waals surface area (Å²) >= 11 is 5.96. The highest BCUT2D eigenvalue weighted by atomic mass is 35.5. The summed E-state index contributed by atoms with van der Waals surface area (Å²) in [5, 5.41) is 7.60. The van der Waals surface area contributed by atoms with Gasteiger partial charge in [0.05, 0.1) is 18.0 Å². The number of fused-ring (bicyclic) bond motifs is 1. The highest BCUT2D eigenvalue weighted by molar-refractivity contribution is 6.31. The van der Waals surface area contributed by atoms with E-state index in [2.05, 4.69) is 10.4 Å². The van der Waals surface area contributed by atoms with Gasteiger partial charge in [0.15, 0.2) is 5.69 Å². The highest BCUT2D eigenvalue weighted by Gasteiger charge is 2.16. The molecule has 0 atom stereocenters. The van der Waals surface area contributed by atoms with E-state index in [1.54, 1.807) is 32.4 Å². The van der Waals surface area contributed by atoms with E-state index < -0.39 is 11.3 Å². The molecule has 7 heteroatoms. The predicted molar refractivity (Wildman–Crippen MR) is 96.2 cm³/mol. The summed E-state index contributed by atoms with van der Waals surface area (Å²) in [6.07, 6.45) is 0. The van der Waals surface area contributed by atoms with Gasteiger partial charge in [-0.2, -0.15) is 5.10 Å². The first-order chi connectivity index (χ1) is 12.0. The van der Waals surface area contributed by atoms with E-state index in [1.165, 1.54) is 4.68 Å². The molecule has 25 heavy (non-hydrogen) atoms. The molecule has 1 aromatic heterocycles. The van der Waals surface area contributed by atoms with Crippen molar-refractivity contribution in [3.8, 4) is 5.75 Å². The molecule has 1 amide bonds. The molecular weight excluding hydrogens is 342 g/mol. The van der Waals surface area contributed by atoms with Crippen LogP contribution in [-0.4, -0.2) is 22.8 Å². The van der Waals surface area contributed by atoms with Crippen molar-refractivity contribution < 1.29 is 9.53 Å². The summed E-state index contributed by atoms with van der Waals surface area (Å²) in [6, 6.07) is 12.2. The lowest BCUT2D eigenvalue weighted by Crippen LogP contribution is -2.31. The van der Waals surface area contributed by atoms with Gasteiger partial charge < -0.3 is 10.1 Å². The van der Waals surface area contributed by atoms with E-state index in [0.717, 1.165) is 5.56 Å². The third-order valence-corrected chi connectivity index (χ3v) is 4.05. The number of amides is 1. The van der Waals surface area contributed by atoms with E-state index in [9.17, 15) is 9.59 Å². The van der Waals surface area contributed by atoms with E-state index in [4.69, 9.17) is 16.3 Å². The number of hydrogen-bond donors (Lipinski definition) is 1. The summed E-state index contributed by atoms with van der Waals surface area (Å²) in [6.45, 7) is 0.258. The average molecular weight is 358 g/mol. The van der Waals surface area contributed by atoms with Crippen LogP contribution in [0.5, 0.6) is 5.75 Å². The van der Waals surface area contributed by atoms with Gasteiger partial charge in [-0.1, -0.05) is 23.7 Å². The Hall–Kier alpha value is -2.86. The van der Waals surface area contributed by atoms with Crippen molar-refractivity contribution in [1.29, 1.82) is 0 Å². The standard InChI is InChI=1S/C18H16ClN3O3/c1-22-15-7-6-12(19)9-14(15)17(23)16(21-22)18(24)20-10-11-4-3-5-13(8-11)25-2/h3-9H,10H2,1-2H3,(H,20,24). The van der Waals surface area contributed by atoms with Crippen LogP contribution in [0.25, 0.3) is 10.9 Å². The first kappa shape index (κ1) is 17.0. The van der Waals surface area contributed by atoms with Gasteiger partial charge in [-0.25, -0.2) is 0 Å². The number of carbonyl (C=O) groups is 1. The summed E-state index contributed by atoms with van der Waals surface area (Å²) in [7, 11) is 3.25. The number of benzene rings is 2. The smallest absolute Gasteiger partial charge is 0.276 e. The molecule has 3 rings (SSSR count). The number of nitrogens with one attached hydrogen (secondary N) is 1. The van der Waals surface area contributed by atoms with Gasteiger partial charge in [0.1, 0.15) is 5.75 Å². The lowest BCUT2D eigenvalue weighted by molar-refractivity contribution is 0.0943. The van der Waals surface area contributed by atoms with E-state index in [-0.39, 0.29) is 12.2 Å². The van der Waals surface area contributed by atoms with Gasteiger partial charge in [0.2, 0.25) is 5.43 Å². The topological polar surface area (TPSA) is 73.2 Å². The van der Waals surface area contributed by atoms with Gasteiger partial charge >= 0.3 is 0 Å². The van der Waals surface area contributed by atoms with Crippen LogP contribution in [0, 0.1) is 0 Å². The molecule has 0 spiro atoms. The number of rotatable bonds is 4. The predicted octanol–water partition coefficient (Wildman–Crippen LogP) is 2.53. The van der Waals surface area contributed by atoms with Gasteiger partial charge in [-0.15, -0.1) is 0 Å². The zero-order valence-corrected chi connectivity index (χ0v) is 14.5. The zero-order chi connectivity index (χ0) is 18.0. The summed E-state index contributed by atoms with van der Waals surface area (Å²) in [5.41, 5.74) is 0.853. The normalized spacial score (nSPS) is 10.7. The Labute approximate surface area is 149 Å². The maximum Gasteiger partial charge on any atom is 0.276 e. The van der Waals surface area contributed by atoms with Crippen molar-refractivity contribution in [2.75, 3.05) is 7.11 Å². The SMILES string of the molecule is COc1cccc(CNC(=O)c2nn(C)c3ccc(Cl)cc3c2=O)c1. The molecule has 0 fully saturated rings. The molecule has 0 saturated heterocycles. The molecule has 0 aliphatic rings. The molecule has 6 nitrogen and oxygen atoms in total. The van der Waals surface area contributed by atoms with Crippen LogP contribution in [0.15, 0.2) is 47.3 Å². The Kier molecular flexibility index (Phi) is 4.72. The van der Waals surface area contributed by atoms with E-state index in [0.29, 0.717) is 21.7 Å². The van der Waals surface area contributed by atoms with Crippen LogP contribution in [0.3, 0.4) is 0 Å². The molecule has 0 bridgehead atoms. The fraction of sp³-hybridized carbons (Fsp3) is 0.167. The molecule has 2 aromatic carbocycles. The van der Waals surface area contributed by atoms with Crippen molar-refractivity contribution in [3.63, 3.8) is 0 Å². The number of ether oxygens (including phenoxy) is 1. The number of nitrogens with zero attached hydrogens (tertiary/aromatic N) is 2. The molecule has 3 aromatic rings. The molecule has 0 saturated carbocycles. The van der Waals surface area contributed by atoms with Crippen LogP contribution in [-0.2, 0) is 13.6 Å². The summed E-state index contributed by atoms with van der Waals surface area (Å²) < 4.78 is 6.64. The second-order valence-corrected chi connectivity index (χ2v) is 5.93. The molecule has 1 N–H and O–H groups in total. The first-order valence-electron chi connectivity index (χ1n) is 7.57. The lowest BCUT2D eigenvalue weighted by atomic mass is 10.2. The van der Waals surface area contributed by atoms with Crippen molar-refractivity contribution in [1.82, 2.24) is 15.1 Å². The Morgan fingerprint density at radius 1 is 1.28 bits per heavy atom. The van der Waals surface area contributed by atoms with Crippen molar-refractivity contribution in [3.05, 3.63) is 69.0 Å². The number of halogens is 1. The van der Waals surface area contributed by atoms with Gasteiger partial charge in [-0.05, 0) is 35.9 Å². The van der Waals surface area contributed by atoms with Crippen LogP contribution < -0.4 is 15.5 Å². The maximum absolute atomic E-state index is 12.6. The highest BCUT2D eigenvalue weighted by Crippen LogP contribution is 2.16. The van der Waals surface area contributed by atoms with Crippen molar-refractivity contribution in [2.45, 2.75) is 6.54 Å². The van der Waals surface area contributed by atoms with Crippen molar-refractivity contribution in [2.24, 2.45) is 7.05 Å². The maximum atomic E-state index is 12.6. The number of aromatic nitrogens is 2. The largest absolute Gasteiger partial charge is 0.497 e. The van der Waals surface area contributed by atoms with E-state index in [1.807, 2.05) is 24.3 Å². The van der Waals surface area contributed by atoms with Crippen molar-refractivity contribution >= 4 is 28.4 Å². The van der Waals surface area contributed by atoms with Crippen LogP contribution in [0.2, 0.25) is 5.02 Å². The third-order valence-electron chi connectivity index (χ3n) is 3.82. The minimum Gasteiger partial charge on any atom is -0.497 e. The Morgan fingerprint density at radius 3 is 2.84 bits per heavy atom. The number of hydrogen-bond acceptors (Lipinski definition) is 4. The fourth-order valence-corrected chi connectivity index (χ4v) is 2.72. The molecular formula is C18H16ClN3O3. The minimum atomic E-state index is -0.537. The summed E-state index contributed by atoms with van der Waals surface area (Å²) in [4.78, 5) is 25.0. The van der Waals surface area contributed by atoms with Crippen LogP contribution >= 0.6 is 11.6 Å². The molecule has 0 aliphatic heterocycles. The van der Waals surface area contributed by atoms with Crippen LogP contribution in [0.4, 0.5) is 0 Å². The van der Waals surface area contributed by atoms with Gasteiger partial charge in [-0.3, -0.25) is 14.3 Å². The minimum absolute atomic E-state index is 0.167. The molecule has 0 unspecified atom stereocenters. The quantitative estimate of drug-likeness (QED) is 0.778. The number of carbonyl (C=O) groups excluding carboxylic acids is 1. The lowest BCUT2D eigenvalue weighted by Gasteiger charge is -2.09. The Bertz CT molecular complexity index is 1010. The number of aryl methyl sites for hydroxylation is 1. The monoisotopic (exact) mass is 357 g/mol. The van der Waals surface area contributed by atoms with E-state index >= 15 is 0 Å².